The molecule has 152 valence electrons. The van der Waals surface area contributed by atoms with Crippen LogP contribution >= 0.6 is 0 Å². The van der Waals surface area contributed by atoms with Gasteiger partial charge in [0.25, 0.3) is 5.56 Å². The van der Waals surface area contributed by atoms with Gasteiger partial charge < -0.3 is 11.1 Å². The van der Waals surface area contributed by atoms with Gasteiger partial charge >= 0.3 is 6.18 Å². The number of nitrogens with zero attached hydrogens (tertiary/aromatic N) is 2. The maximum absolute atomic E-state index is 13.4. The smallest absolute Gasteiger partial charge is 0.370 e. The van der Waals surface area contributed by atoms with Crippen molar-refractivity contribution in [2.24, 2.45) is 11.1 Å². The SMILES string of the molecule is CC(C)(CC(N)=O)Cc1c(NC2CCC2)nc2c(C(F)(F)F)cccn2c1=O. The molecule has 0 bridgehead atoms. The zero-order chi connectivity index (χ0) is 20.7. The number of carbonyl (C=O) groups excluding carboxylic acids is 1. The first-order chi connectivity index (χ1) is 13.0. The molecule has 1 saturated carbocycles. The highest BCUT2D eigenvalue weighted by Crippen LogP contribution is 2.34. The van der Waals surface area contributed by atoms with Crippen molar-refractivity contribution in [1.82, 2.24) is 9.38 Å². The van der Waals surface area contributed by atoms with Gasteiger partial charge in [-0.05, 0) is 43.2 Å². The molecule has 1 fully saturated rings. The van der Waals surface area contributed by atoms with E-state index in [0.29, 0.717) is 0 Å². The molecule has 0 atom stereocenters. The molecule has 2 heterocycles. The molecule has 0 aliphatic heterocycles. The summed E-state index contributed by atoms with van der Waals surface area (Å²) in [5, 5.41) is 3.13. The lowest BCUT2D eigenvalue weighted by atomic mass is 9.82. The second-order valence-electron chi connectivity index (χ2n) is 8.11. The molecule has 0 spiro atoms. The Kier molecular flexibility index (Phi) is 5.12. The van der Waals surface area contributed by atoms with Crippen LogP contribution in [0.25, 0.3) is 5.65 Å². The number of hydrogen-bond acceptors (Lipinski definition) is 4. The Bertz CT molecular complexity index is 962. The van der Waals surface area contributed by atoms with E-state index in [2.05, 4.69) is 10.3 Å². The van der Waals surface area contributed by atoms with E-state index >= 15 is 0 Å². The van der Waals surface area contributed by atoms with Gasteiger partial charge in [-0.15, -0.1) is 0 Å². The molecule has 0 saturated heterocycles. The number of rotatable bonds is 6. The Morgan fingerprint density at radius 3 is 2.57 bits per heavy atom. The number of anilines is 1. The van der Waals surface area contributed by atoms with E-state index in [1.165, 1.54) is 12.3 Å². The van der Waals surface area contributed by atoms with Crippen LogP contribution < -0.4 is 16.6 Å². The Morgan fingerprint density at radius 2 is 2.04 bits per heavy atom. The summed E-state index contributed by atoms with van der Waals surface area (Å²) in [6.45, 7) is 3.57. The van der Waals surface area contributed by atoms with Crippen LogP contribution in [0.2, 0.25) is 0 Å². The average Bonchev–Trinajstić information content (AvgIpc) is 2.51. The first-order valence-electron chi connectivity index (χ1n) is 9.14. The molecule has 1 aliphatic carbocycles. The first-order valence-corrected chi connectivity index (χ1v) is 9.14. The van der Waals surface area contributed by atoms with Crippen molar-refractivity contribution >= 4 is 17.4 Å². The summed E-state index contributed by atoms with van der Waals surface area (Å²) < 4.78 is 41.1. The fourth-order valence-corrected chi connectivity index (χ4v) is 3.46. The van der Waals surface area contributed by atoms with Crippen LogP contribution in [-0.4, -0.2) is 21.3 Å². The Morgan fingerprint density at radius 1 is 1.36 bits per heavy atom. The number of amides is 1. The third kappa shape index (κ3) is 4.13. The third-order valence-electron chi connectivity index (χ3n) is 5.01. The number of pyridine rings is 1. The van der Waals surface area contributed by atoms with Gasteiger partial charge in [0.05, 0.1) is 11.1 Å². The highest BCUT2D eigenvalue weighted by molar-refractivity contribution is 5.74. The lowest BCUT2D eigenvalue weighted by molar-refractivity contribution is -0.136. The molecule has 1 aliphatic rings. The van der Waals surface area contributed by atoms with Gasteiger partial charge in [-0.3, -0.25) is 14.0 Å². The largest absolute Gasteiger partial charge is 0.419 e. The average molecular weight is 396 g/mol. The minimum absolute atomic E-state index is 0.0423. The monoisotopic (exact) mass is 396 g/mol. The number of aromatic nitrogens is 2. The zero-order valence-corrected chi connectivity index (χ0v) is 15.8. The number of alkyl halides is 3. The maximum Gasteiger partial charge on any atom is 0.419 e. The lowest BCUT2D eigenvalue weighted by Gasteiger charge is -2.29. The molecule has 0 unspecified atom stereocenters. The summed E-state index contributed by atoms with van der Waals surface area (Å²) in [6, 6.07) is 2.16. The molecule has 2 aromatic heterocycles. The van der Waals surface area contributed by atoms with Crippen molar-refractivity contribution in [3.05, 3.63) is 39.8 Å². The van der Waals surface area contributed by atoms with Gasteiger partial charge in [0.2, 0.25) is 5.91 Å². The van der Waals surface area contributed by atoms with Gasteiger partial charge in [0.1, 0.15) is 5.82 Å². The second kappa shape index (κ2) is 7.10. The standard InChI is InChI=1S/C19H23F3N4O2/c1-18(2,10-14(23)27)9-12-15(24-11-5-3-6-11)25-16-13(19(20,21)22)7-4-8-26(16)17(12)28/h4,7-8,11,24H,3,5-6,9-10H2,1-2H3,(H2,23,27). The van der Waals surface area contributed by atoms with Crippen LogP contribution in [0.15, 0.2) is 23.1 Å². The van der Waals surface area contributed by atoms with Crippen molar-refractivity contribution in [2.75, 3.05) is 5.32 Å². The third-order valence-corrected chi connectivity index (χ3v) is 5.01. The van der Waals surface area contributed by atoms with Gasteiger partial charge in [-0.1, -0.05) is 13.8 Å². The van der Waals surface area contributed by atoms with Gasteiger partial charge in [-0.25, -0.2) is 4.98 Å². The molecule has 0 aromatic carbocycles. The molecule has 0 radical (unpaired) electrons. The lowest BCUT2D eigenvalue weighted by Crippen LogP contribution is -2.34. The Balaban J connectivity index is 2.18. The number of nitrogens with one attached hydrogen (secondary N) is 1. The van der Waals surface area contributed by atoms with Crippen molar-refractivity contribution in [3.63, 3.8) is 0 Å². The van der Waals surface area contributed by atoms with Crippen LogP contribution in [0.1, 0.15) is 50.7 Å². The topological polar surface area (TPSA) is 89.5 Å². The molecule has 28 heavy (non-hydrogen) atoms. The fraction of sp³-hybridized carbons (Fsp3) is 0.526. The summed E-state index contributed by atoms with van der Waals surface area (Å²) >= 11 is 0. The summed E-state index contributed by atoms with van der Waals surface area (Å²) in [5.74, 6) is -0.351. The van der Waals surface area contributed by atoms with E-state index in [0.717, 1.165) is 29.7 Å². The molecular formula is C19H23F3N4O2. The minimum Gasteiger partial charge on any atom is -0.370 e. The van der Waals surface area contributed by atoms with Crippen LogP contribution in [0.3, 0.4) is 0 Å². The quantitative estimate of drug-likeness (QED) is 0.785. The normalized spacial score (nSPS) is 15.5. The molecule has 2 aromatic rings. The maximum atomic E-state index is 13.4. The number of hydrogen-bond donors (Lipinski definition) is 2. The predicted molar refractivity (Wildman–Crippen MR) is 99.0 cm³/mol. The van der Waals surface area contributed by atoms with Crippen LogP contribution in [0.4, 0.5) is 19.0 Å². The highest BCUT2D eigenvalue weighted by Gasteiger charge is 2.35. The fourth-order valence-electron chi connectivity index (χ4n) is 3.46. The van der Waals surface area contributed by atoms with Crippen LogP contribution in [0, 0.1) is 5.41 Å². The van der Waals surface area contributed by atoms with Crippen molar-refractivity contribution in [1.29, 1.82) is 0 Å². The molecule has 1 amide bonds. The number of fused-ring (bicyclic) bond motifs is 1. The molecule has 3 rings (SSSR count). The van der Waals surface area contributed by atoms with E-state index in [4.69, 9.17) is 5.73 Å². The van der Waals surface area contributed by atoms with Crippen LogP contribution in [0.5, 0.6) is 0 Å². The second-order valence-corrected chi connectivity index (χ2v) is 8.11. The van der Waals surface area contributed by atoms with E-state index in [1.54, 1.807) is 13.8 Å². The first kappa shape index (κ1) is 20.2. The van der Waals surface area contributed by atoms with E-state index in [9.17, 15) is 22.8 Å². The summed E-state index contributed by atoms with van der Waals surface area (Å²) in [5.41, 5.74) is 2.95. The van der Waals surface area contributed by atoms with E-state index in [-0.39, 0.29) is 30.3 Å². The number of primary amides is 1. The molecule has 3 N–H and O–H groups in total. The van der Waals surface area contributed by atoms with Crippen molar-refractivity contribution in [2.45, 2.75) is 58.2 Å². The minimum atomic E-state index is -4.63. The molecular weight excluding hydrogens is 373 g/mol. The predicted octanol–water partition coefficient (Wildman–Crippen LogP) is 3.12. The Hall–Kier alpha value is -2.58. The van der Waals surface area contributed by atoms with Crippen molar-refractivity contribution in [3.8, 4) is 0 Å². The van der Waals surface area contributed by atoms with E-state index < -0.39 is 34.3 Å². The van der Waals surface area contributed by atoms with Crippen molar-refractivity contribution < 1.29 is 18.0 Å². The summed E-state index contributed by atoms with van der Waals surface area (Å²) in [6.07, 6.45) is -0.403. The zero-order valence-electron chi connectivity index (χ0n) is 15.8. The number of halogens is 3. The number of nitrogens with two attached hydrogens (primary N) is 1. The molecule has 9 heteroatoms. The van der Waals surface area contributed by atoms with Gasteiger partial charge in [0.15, 0.2) is 5.65 Å². The summed E-state index contributed by atoms with van der Waals surface area (Å²) in [4.78, 5) is 28.6. The van der Waals surface area contributed by atoms with E-state index in [1.807, 2.05) is 0 Å². The Labute approximate surface area is 159 Å². The van der Waals surface area contributed by atoms with Gasteiger partial charge in [-0.2, -0.15) is 13.2 Å². The highest BCUT2D eigenvalue weighted by atomic mass is 19.4. The van der Waals surface area contributed by atoms with Gasteiger partial charge in [0, 0.05) is 18.7 Å². The summed E-state index contributed by atoms with van der Waals surface area (Å²) in [7, 11) is 0. The molecule has 6 nitrogen and oxygen atoms in total. The van der Waals surface area contributed by atoms with Crippen LogP contribution in [-0.2, 0) is 17.4 Å². The number of carbonyl (C=O) groups is 1.